The zero-order valence-corrected chi connectivity index (χ0v) is 12.7. The Balaban J connectivity index is 3.64. The molecule has 5 nitrogen and oxygen atoms in total. The van der Waals surface area contributed by atoms with Crippen LogP contribution in [0.15, 0.2) is 0 Å². The maximum absolute atomic E-state index is 9.16. The largest absolute Gasteiger partial charge is 0.382 e. The first-order chi connectivity index (χ1) is 9.08. The standard InChI is InChI=1S/C14H28N2O3/c1-5-16-14(3,12-15)11-13(2)19-8-6-7-18-10-9-17-4/h13,16H,5-11H2,1-4H3. The van der Waals surface area contributed by atoms with Gasteiger partial charge in [0.2, 0.25) is 0 Å². The predicted molar refractivity (Wildman–Crippen MR) is 75.0 cm³/mol. The first kappa shape index (κ1) is 18.3. The molecule has 0 saturated heterocycles. The summed E-state index contributed by atoms with van der Waals surface area (Å²) < 4.78 is 15.9. The first-order valence-corrected chi connectivity index (χ1v) is 6.92. The molecular weight excluding hydrogens is 244 g/mol. The summed E-state index contributed by atoms with van der Waals surface area (Å²) in [5.41, 5.74) is -0.511. The summed E-state index contributed by atoms with van der Waals surface area (Å²) in [5.74, 6) is 0. The van der Waals surface area contributed by atoms with Gasteiger partial charge < -0.3 is 14.2 Å². The van der Waals surface area contributed by atoms with Crippen molar-refractivity contribution in [3.63, 3.8) is 0 Å². The number of hydrogen-bond acceptors (Lipinski definition) is 5. The van der Waals surface area contributed by atoms with Crippen LogP contribution in [0.4, 0.5) is 0 Å². The highest BCUT2D eigenvalue weighted by atomic mass is 16.5. The van der Waals surface area contributed by atoms with Crippen LogP contribution in [-0.4, -0.2) is 51.7 Å². The van der Waals surface area contributed by atoms with E-state index in [2.05, 4.69) is 11.4 Å². The van der Waals surface area contributed by atoms with Crippen molar-refractivity contribution in [2.45, 2.75) is 45.3 Å². The molecule has 112 valence electrons. The molecule has 0 saturated carbocycles. The Kier molecular flexibility index (Phi) is 10.8. The molecule has 0 spiro atoms. The number of hydrogen-bond donors (Lipinski definition) is 1. The van der Waals surface area contributed by atoms with E-state index in [4.69, 9.17) is 19.5 Å². The maximum Gasteiger partial charge on any atom is 0.106 e. The highest BCUT2D eigenvalue weighted by Crippen LogP contribution is 2.13. The zero-order chi connectivity index (χ0) is 14.6. The van der Waals surface area contributed by atoms with Gasteiger partial charge in [0.25, 0.3) is 0 Å². The first-order valence-electron chi connectivity index (χ1n) is 6.92. The highest BCUT2D eigenvalue weighted by Gasteiger charge is 2.25. The number of methoxy groups -OCH3 is 1. The molecule has 5 heteroatoms. The van der Waals surface area contributed by atoms with E-state index in [1.54, 1.807) is 7.11 Å². The number of nitrogens with zero attached hydrogens (tertiary/aromatic N) is 1. The van der Waals surface area contributed by atoms with E-state index in [-0.39, 0.29) is 6.10 Å². The van der Waals surface area contributed by atoms with E-state index in [0.717, 1.165) is 13.0 Å². The Morgan fingerprint density at radius 3 is 2.58 bits per heavy atom. The minimum atomic E-state index is -0.511. The normalized spacial score (nSPS) is 15.7. The van der Waals surface area contributed by atoms with Crippen LogP contribution in [0.3, 0.4) is 0 Å². The smallest absolute Gasteiger partial charge is 0.106 e. The van der Waals surface area contributed by atoms with Crippen LogP contribution in [0.5, 0.6) is 0 Å². The van der Waals surface area contributed by atoms with Crippen LogP contribution in [0.25, 0.3) is 0 Å². The van der Waals surface area contributed by atoms with Gasteiger partial charge in [-0.15, -0.1) is 0 Å². The fourth-order valence-electron chi connectivity index (χ4n) is 1.87. The van der Waals surface area contributed by atoms with Crippen molar-refractivity contribution in [2.24, 2.45) is 0 Å². The summed E-state index contributed by atoms with van der Waals surface area (Å²) in [7, 11) is 1.66. The molecule has 0 aromatic rings. The number of nitrogens with one attached hydrogen (secondary N) is 1. The molecule has 2 unspecified atom stereocenters. The number of nitriles is 1. The van der Waals surface area contributed by atoms with Crippen molar-refractivity contribution in [1.82, 2.24) is 5.32 Å². The summed E-state index contributed by atoms with van der Waals surface area (Å²) in [4.78, 5) is 0. The van der Waals surface area contributed by atoms with E-state index in [0.29, 0.717) is 32.8 Å². The van der Waals surface area contributed by atoms with Crippen molar-refractivity contribution in [1.29, 1.82) is 5.26 Å². The SMILES string of the molecule is CCNC(C)(C#N)CC(C)OCCCOCCOC. The quantitative estimate of drug-likeness (QED) is 0.548. The fourth-order valence-corrected chi connectivity index (χ4v) is 1.87. The van der Waals surface area contributed by atoms with Crippen LogP contribution >= 0.6 is 0 Å². The fraction of sp³-hybridized carbons (Fsp3) is 0.929. The second-order valence-electron chi connectivity index (χ2n) is 4.82. The molecule has 2 atom stereocenters. The van der Waals surface area contributed by atoms with Gasteiger partial charge in [-0.2, -0.15) is 5.26 Å². The average molecular weight is 272 g/mol. The molecule has 0 rings (SSSR count). The molecule has 0 fully saturated rings. The minimum Gasteiger partial charge on any atom is -0.382 e. The zero-order valence-electron chi connectivity index (χ0n) is 12.7. The van der Waals surface area contributed by atoms with Crippen LogP contribution < -0.4 is 5.32 Å². The molecule has 0 amide bonds. The van der Waals surface area contributed by atoms with Crippen LogP contribution in [0.1, 0.15) is 33.6 Å². The van der Waals surface area contributed by atoms with Gasteiger partial charge in [-0.25, -0.2) is 0 Å². The Labute approximate surface area is 117 Å². The monoisotopic (exact) mass is 272 g/mol. The average Bonchev–Trinajstić information content (AvgIpc) is 2.38. The molecule has 0 bridgehead atoms. The van der Waals surface area contributed by atoms with Crippen LogP contribution in [0.2, 0.25) is 0 Å². The molecule has 19 heavy (non-hydrogen) atoms. The van der Waals surface area contributed by atoms with Gasteiger partial charge in [-0.1, -0.05) is 6.92 Å². The van der Waals surface area contributed by atoms with Crippen LogP contribution in [-0.2, 0) is 14.2 Å². The van der Waals surface area contributed by atoms with Crippen molar-refractivity contribution in [3.05, 3.63) is 0 Å². The maximum atomic E-state index is 9.16. The molecule has 1 N–H and O–H groups in total. The summed E-state index contributed by atoms with van der Waals surface area (Å²) in [6, 6.07) is 2.31. The van der Waals surface area contributed by atoms with Gasteiger partial charge in [-0.05, 0) is 26.8 Å². The molecule has 0 radical (unpaired) electrons. The van der Waals surface area contributed by atoms with Crippen LogP contribution in [0, 0.1) is 11.3 Å². The summed E-state index contributed by atoms with van der Waals surface area (Å²) in [6.07, 6.45) is 1.60. The van der Waals surface area contributed by atoms with Gasteiger partial charge in [-0.3, -0.25) is 5.32 Å². The van der Waals surface area contributed by atoms with Gasteiger partial charge in [0.1, 0.15) is 5.54 Å². The van der Waals surface area contributed by atoms with Crippen molar-refractivity contribution in [3.8, 4) is 6.07 Å². The molecule has 0 aliphatic rings. The topological polar surface area (TPSA) is 63.5 Å². The van der Waals surface area contributed by atoms with Gasteiger partial charge in [0, 0.05) is 26.7 Å². The van der Waals surface area contributed by atoms with E-state index >= 15 is 0 Å². The molecule has 0 heterocycles. The third kappa shape index (κ3) is 9.85. The van der Waals surface area contributed by atoms with E-state index in [1.807, 2.05) is 20.8 Å². The van der Waals surface area contributed by atoms with E-state index in [1.165, 1.54) is 0 Å². The highest BCUT2D eigenvalue weighted by molar-refractivity contribution is 5.04. The molecular formula is C14H28N2O3. The summed E-state index contributed by atoms with van der Waals surface area (Å²) in [6.45, 7) is 9.27. The summed E-state index contributed by atoms with van der Waals surface area (Å²) >= 11 is 0. The lowest BCUT2D eigenvalue weighted by Crippen LogP contribution is -2.43. The number of ether oxygens (including phenoxy) is 3. The lowest BCUT2D eigenvalue weighted by Gasteiger charge is -2.26. The molecule has 0 aliphatic heterocycles. The third-order valence-electron chi connectivity index (χ3n) is 2.78. The lowest BCUT2D eigenvalue weighted by molar-refractivity contribution is 0.0211. The van der Waals surface area contributed by atoms with E-state index < -0.39 is 5.54 Å². The Morgan fingerprint density at radius 2 is 2.00 bits per heavy atom. The lowest BCUT2D eigenvalue weighted by atomic mass is 9.96. The Morgan fingerprint density at radius 1 is 1.26 bits per heavy atom. The third-order valence-corrected chi connectivity index (χ3v) is 2.78. The number of rotatable bonds is 12. The molecule has 0 aliphatic carbocycles. The van der Waals surface area contributed by atoms with Gasteiger partial charge in [0.15, 0.2) is 0 Å². The minimum absolute atomic E-state index is 0.0580. The second-order valence-corrected chi connectivity index (χ2v) is 4.82. The van der Waals surface area contributed by atoms with Crippen molar-refractivity contribution in [2.75, 3.05) is 40.1 Å². The van der Waals surface area contributed by atoms with E-state index in [9.17, 15) is 0 Å². The van der Waals surface area contributed by atoms with Gasteiger partial charge in [0.05, 0.1) is 25.4 Å². The Bertz CT molecular complexity index is 256. The second kappa shape index (κ2) is 11.2. The predicted octanol–water partition coefficient (Wildman–Crippen LogP) is 1.73. The molecule has 0 aromatic carbocycles. The van der Waals surface area contributed by atoms with Crippen molar-refractivity contribution < 1.29 is 14.2 Å². The van der Waals surface area contributed by atoms with Gasteiger partial charge >= 0.3 is 0 Å². The Hall–Kier alpha value is -0.670. The summed E-state index contributed by atoms with van der Waals surface area (Å²) in [5, 5.41) is 12.3. The van der Waals surface area contributed by atoms with Crippen molar-refractivity contribution >= 4 is 0 Å². The molecule has 0 aromatic heterocycles.